The van der Waals surface area contributed by atoms with Crippen LogP contribution in [0, 0.1) is 0 Å². The summed E-state index contributed by atoms with van der Waals surface area (Å²) in [5.74, 6) is -1.76. The van der Waals surface area contributed by atoms with Gasteiger partial charge in [-0.25, -0.2) is 4.79 Å². The summed E-state index contributed by atoms with van der Waals surface area (Å²) in [5.41, 5.74) is 0.529. The van der Waals surface area contributed by atoms with Crippen molar-refractivity contribution in [3.63, 3.8) is 0 Å². The Labute approximate surface area is 170 Å². The standard InChI is InChI=1S/C18H15Cl3N2O4/c1-23(9-16(24)22-15-5-3-2-4-13(15)20)17(25)10-27-18(26)12-7-6-11(19)8-14(12)21/h2-8H,9-10H2,1H3,(H,22,24). The van der Waals surface area contributed by atoms with E-state index in [4.69, 9.17) is 39.5 Å². The van der Waals surface area contributed by atoms with Crippen molar-refractivity contribution in [3.8, 4) is 0 Å². The molecule has 2 rings (SSSR count). The van der Waals surface area contributed by atoms with Crippen molar-refractivity contribution >= 4 is 58.3 Å². The summed E-state index contributed by atoms with van der Waals surface area (Å²) in [6.45, 7) is -0.767. The van der Waals surface area contributed by atoms with Gasteiger partial charge in [-0.1, -0.05) is 46.9 Å². The van der Waals surface area contributed by atoms with Gasteiger partial charge in [0, 0.05) is 12.1 Å². The van der Waals surface area contributed by atoms with Crippen LogP contribution in [0.15, 0.2) is 42.5 Å². The number of rotatable bonds is 6. The smallest absolute Gasteiger partial charge is 0.340 e. The molecule has 0 fully saturated rings. The second-order valence-corrected chi connectivity index (χ2v) is 6.73. The molecule has 0 unspecified atom stereocenters. The molecule has 2 aromatic carbocycles. The first-order chi connectivity index (χ1) is 12.8. The average molecular weight is 430 g/mol. The number of amides is 2. The summed E-state index contributed by atoms with van der Waals surface area (Å²) in [6.07, 6.45) is 0. The molecule has 2 aromatic rings. The number of nitrogens with one attached hydrogen (secondary N) is 1. The first-order valence-electron chi connectivity index (χ1n) is 7.68. The van der Waals surface area contributed by atoms with Crippen molar-refractivity contribution in [3.05, 3.63) is 63.1 Å². The molecule has 9 heteroatoms. The molecular weight excluding hydrogens is 415 g/mol. The number of benzene rings is 2. The Hall–Kier alpha value is -2.28. The molecule has 6 nitrogen and oxygen atoms in total. The normalized spacial score (nSPS) is 10.2. The van der Waals surface area contributed by atoms with Crippen molar-refractivity contribution < 1.29 is 19.1 Å². The van der Waals surface area contributed by atoms with E-state index in [9.17, 15) is 14.4 Å². The van der Waals surface area contributed by atoms with Crippen molar-refractivity contribution in [2.24, 2.45) is 0 Å². The number of ether oxygens (including phenoxy) is 1. The van der Waals surface area contributed by atoms with Crippen molar-refractivity contribution in [2.45, 2.75) is 0 Å². The average Bonchev–Trinajstić information content (AvgIpc) is 2.61. The molecule has 0 bridgehead atoms. The number of likely N-dealkylation sites (N-methyl/N-ethyl adjacent to an activating group) is 1. The third kappa shape index (κ3) is 6.13. The summed E-state index contributed by atoms with van der Waals surface area (Å²) in [7, 11) is 1.41. The van der Waals surface area contributed by atoms with Crippen LogP contribution in [0.5, 0.6) is 0 Å². The Morgan fingerprint density at radius 3 is 2.41 bits per heavy atom. The summed E-state index contributed by atoms with van der Waals surface area (Å²) < 4.78 is 4.94. The van der Waals surface area contributed by atoms with E-state index >= 15 is 0 Å². The molecule has 0 atom stereocenters. The molecule has 0 aliphatic heterocycles. The summed E-state index contributed by atoms with van der Waals surface area (Å²) in [4.78, 5) is 37.2. The molecule has 0 radical (unpaired) electrons. The topological polar surface area (TPSA) is 75.7 Å². The lowest BCUT2D eigenvalue weighted by molar-refractivity contribution is -0.136. The van der Waals surface area contributed by atoms with Gasteiger partial charge in [0.1, 0.15) is 0 Å². The van der Waals surface area contributed by atoms with Gasteiger partial charge in [0.05, 0.1) is 27.8 Å². The number of hydrogen-bond donors (Lipinski definition) is 1. The lowest BCUT2D eigenvalue weighted by Crippen LogP contribution is -2.37. The zero-order chi connectivity index (χ0) is 20.0. The molecule has 142 valence electrons. The molecular formula is C18H15Cl3N2O4. The Kier molecular flexibility index (Phi) is 7.47. The number of nitrogens with zero attached hydrogens (tertiary/aromatic N) is 1. The molecule has 0 aliphatic rings. The molecule has 0 aromatic heterocycles. The number of halogens is 3. The van der Waals surface area contributed by atoms with Crippen molar-refractivity contribution in [1.29, 1.82) is 0 Å². The monoisotopic (exact) mass is 428 g/mol. The number of para-hydroxylation sites is 1. The SMILES string of the molecule is CN(CC(=O)Nc1ccccc1Cl)C(=O)COC(=O)c1ccc(Cl)cc1Cl. The van der Waals surface area contributed by atoms with E-state index in [0.29, 0.717) is 15.7 Å². The lowest BCUT2D eigenvalue weighted by Gasteiger charge is -2.17. The highest BCUT2D eigenvalue weighted by Crippen LogP contribution is 2.22. The lowest BCUT2D eigenvalue weighted by atomic mass is 10.2. The zero-order valence-electron chi connectivity index (χ0n) is 14.2. The Balaban J connectivity index is 1.85. The fraction of sp³-hybridized carbons (Fsp3) is 0.167. The summed E-state index contributed by atoms with van der Waals surface area (Å²) >= 11 is 17.6. The van der Waals surface area contributed by atoms with Crippen LogP contribution in [-0.2, 0) is 14.3 Å². The van der Waals surface area contributed by atoms with E-state index in [-0.39, 0.29) is 17.1 Å². The van der Waals surface area contributed by atoms with Crippen molar-refractivity contribution in [2.75, 3.05) is 25.5 Å². The second kappa shape index (κ2) is 9.60. The molecule has 0 saturated heterocycles. The molecule has 1 N–H and O–H groups in total. The van der Waals surface area contributed by atoms with Crippen LogP contribution in [0.3, 0.4) is 0 Å². The fourth-order valence-electron chi connectivity index (χ4n) is 2.03. The van der Waals surface area contributed by atoms with Gasteiger partial charge in [-0.15, -0.1) is 0 Å². The molecule has 0 saturated carbocycles. The highest BCUT2D eigenvalue weighted by molar-refractivity contribution is 6.36. The number of esters is 1. The van der Waals surface area contributed by atoms with E-state index in [2.05, 4.69) is 5.32 Å². The van der Waals surface area contributed by atoms with Gasteiger partial charge < -0.3 is 15.0 Å². The van der Waals surface area contributed by atoms with Crippen LogP contribution in [-0.4, -0.2) is 42.9 Å². The summed E-state index contributed by atoms with van der Waals surface area (Å²) in [6, 6.07) is 11.0. The predicted molar refractivity (Wildman–Crippen MR) is 104 cm³/mol. The maximum Gasteiger partial charge on any atom is 0.340 e. The Bertz CT molecular complexity index is 873. The van der Waals surface area contributed by atoms with E-state index in [1.54, 1.807) is 24.3 Å². The van der Waals surface area contributed by atoms with Crippen molar-refractivity contribution in [1.82, 2.24) is 4.90 Å². The second-order valence-electron chi connectivity index (χ2n) is 5.48. The summed E-state index contributed by atoms with van der Waals surface area (Å²) in [5, 5.41) is 3.47. The highest BCUT2D eigenvalue weighted by Gasteiger charge is 2.18. The van der Waals surface area contributed by atoms with Crippen LogP contribution in [0.4, 0.5) is 5.69 Å². The Morgan fingerprint density at radius 1 is 1.04 bits per heavy atom. The van der Waals surface area contributed by atoms with E-state index < -0.39 is 24.4 Å². The first kappa shape index (κ1) is 21.0. The van der Waals surface area contributed by atoms with Crippen LogP contribution < -0.4 is 5.32 Å². The maximum absolute atomic E-state index is 12.1. The maximum atomic E-state index is 12.1. The van der Waals surface area contributed by atoms with Gasteiger partial charge in [-0.05, 0) is 30.3 Å². The van der Waals surface area contributed by atoms with Gasteiger partial charge in [0.2, 0.25) is 5.91 Å². The minimum absolute atomic E-state index is 0.0907. The number of hydrogen-bond acceptors (Lipinski definition) is 4. The molecule has 0 aliphatic carbocycles. The van der Waals surface area contributed by atoms with Gasteiger partial charge >= 0.3 is 5.97 Å². The van der Waals surface area contributed by atoms with E-state index in [1.807, 2.05) is 0 Å². The highest BCUT2D eigenvalue weighted by atomic mass is 35.5. The fourth-order valence-corrected chi connectivity index (χ4v) is 2.69. The van der Waals surface area contributed by atoms with Crippen LogP contribution in [0.25, 0.3) is 0 Å². The zero-order valence-corrected chi connectivity index (χ0v) is 16.4. The van der Waals surface area contributed by atoms with E-state index in [0.717, 1.165) is 4.90 Å². The molecule has 0 heterocycles. The Morgan fingerprint density at radius 2 is 1.74 bits per heavy atom. The van der Waals surface area contributed by atoms with Gasteiger partial charge in [0.25, 0.3) is 5.91 Å². The third-order valence-electron chi connectivity index (χ3n) is 3.43. The minimum atomic E-state index is -0.765. The number of anilines is 1. The number of carbonyl (C=O) groups excluding carboxylic acids is 3. The van der Waals surface area contributed by atoms with Gasteiger partial charge in [-0.3, -0.25) is 9.59 Å². The first-order valence-corrected chi connectivity index (χ1v) is 8.82. The van der Waals surface area contributed by atoms with Crippen LogP contribution >= 0.6 is 34.8 Å². The van der Waals surface area contributed by atoms with E-state index in [1.165, 1.54) is 25.2 Å². The van der Waals surface area contributed by atoms with Gasteiger partial charge in [-0.2, -0.15) is 0 Å². The van der Waals surface area contributed by atoms with Crippen LogP contribution in [0.2, 0.25) is 15.1 Å². The molecule has 27 heavy (non-hydrogen) atoms. The largest absolute Gasteiger partial charge is 0.452 e. The molecule has 2 amide bonds. The predicted octanol–water partition coefficient (Wildman–Crippen LogP) is 3.90. The third-order valence-corrected chi connectivity index (χ3v) is 4.31. The quantitative estimate of drug-likeness (QED) is 0.707. The number of carbonyl (C=O) groups is 3. The van der Waals surface area contributed by atoms with Crippen LogP contribution in [0.1, 0.15) is 10.4 Å². The minimum Gasteiger partial charge on any atom is -0.452 e. The van der Waals surface area contributed by atoms with Gasteiger partial charge in [0.15, 0.2) is 6.61 Å². The molecule has 0 spiro atoms.